The van der Waals surface area contributed by atoms with E-state index in [1.165, 1.54) is 0 Å². The van der Waals surface area contributed by atoms with E-state index in [1.54, 1.807) is 0 Å². The molecule has 1 unspecified atom stereocenters. The van der Waals surface area contributed by atoms with Crippen LogP contribution in [0.3, 0.4) is 0 Å². The Kier molecular flexibility index (Phi) is 2.38. The fraction of sp³-hybridized carbons (Fsp3) is 0.143. The third-order valence-electron chi connectivity index (χ3n) is 2.94. The molecule has 3 rings (SSSR count). The Morgan fingerprint density at radius 1 is 1.33 bits per heavy atom. The Labute approximate surface area is 104 Å². The molecule has 0 amide bonds. The second-order valence-corrected chi connectivity index (χ2v) is 4.17. The van der Waals surface area contributed by atoms with Crippen molar-refractivity contribution >= 4 is 11.1 Å². The zero-order valence-corrected chi connectivity index (χ0v) is 9.84. The van der Waals surface area contributed by atoms with Gasteiger partial charge in [0.1, 0.15) is 5.52 Å². The van der Waals surface area contributed by atoms with Crippen molar-refractivity contribution in [3.63, 3.8) is 0 Å². The largest absolute Gasteiger partial charge is 0.441 e. The molecule has 0 fully saturated rings. The summed E-state index contributed by atoms with van der Waals surface area (Å²) in [5, 5.41) is 9.32. The number of nitriles is 1. The summed E-state index contributed by atoms with van der Waals surface area (Å²) in [6, 6.07) is 9.91. The lowest BCUT2D eigenvalue weighted by Gasteiger charge is -2.06. The number of hydrogen-bond donors (Lipinski definition) is 1. The number of H-pyrrole nitrogens is 1. The van der Waals surface area contributed by atoms with Gasteiger partial charge in [0.05, 0.1) is 12.0 Å². The SMILES string of the molecule is Cc1nc2ccc(C(C#N)c3cc[nH]c3)cc2o1. The fourth-order valence-electron chi connectivity index (χ4n) is 2.09. The third kappa shape index (κ3) is 1.66. The number of aromatic amines is 1. The van der Waals surface area contributed by atoms with Crippen molar-refractivity contribution in [2.45, 2.75) is 12.8 Å². The van der Waals surface area contributed by atoms with Gasteiger partial charge in [0.25, 0.3) is 0 Å². The highest BCUT2D eigenvalue weighted by Crippen LogP contribution is 2.27. The van der Waals surface area contributed by atoms with Gasteiger partial charge in [-0.3, -0.25) is 0 Å². The minimum atomic E-state index is -0.286. The predicted octanol–water partition coefficient (Wildman–Crippen LogP) is 3.12. The quantitative estimate of drug-likeness (QED) is 0.744. The highest BCUT2D eigenvalue weighted by Gasteiger charge is 2.15. The molecule has 2 aromatic heterocycles. The van der Waals surface area contributed by atoms with Crippen LogP contribution in [0.15, 0.2) is 41.1 Å². The summed E-state index contributed by atoms with van der Waals surface area (Å²) in [5.41, 5.74) is 3.41. The number of nitrogens with zero attached hydrogens (tertiary/aromatic N) is 2. The number of aromatic nitrogens is 2. The molecule has 2 heterocycles. The average Bonchev–Trinajstić information content (AvgIpc) is 2.97. The van der Waals surface area contributed by atoms with Gasteiger partial charge in [-0.05, 0) is 29.3 Å². The monoisotopic (exact) mass is 237 g/mol. The number of benzene rings is 1. The van der Waals surface area contributed by atoms with E-state index in [4.69, 9.17) is 4.42 Å². The molecule has 0 spiro atoms. The second kappa shape index (κ2) is 4.04. The summed E-state index contributed by atoms with van der Waals surface area (Å²) in [7, 11) is 0. The van der Waals surface area contributed by atoms with Crippen LogP contribution >= 0.6 is 0 Å². The highest BCUT2D eigenvalue weighted by atomic mass is 16.3. The molecule has 88 valence electrons. The van der Waals surface area contributed by atoms with E-state index in [9.17, 15) is 5.26 Å². The van der Waals surface area contributed by atoms with Gasteiger partial charge >= 0.3 is 0 Å². The van der Waals surface area contributed by atoms with Crippen molar-refractivity contribution in [1.82, 2.24) is 9.97 Å². The molecule has 0 bridgehead atoms. The Hall–Kier alpha value is -2.54. The van der Waals surface area contributed by atoms with Crippen molar-refractivity contribution in [2.75, 3.05) is 0 Å². The number of aryl methyl sites for hydroxylation is 1. The molecule has 0 aliphatic carbocycles. The number of rotatable bonds is 2. The maximum Gasteiger partial charge on any atom is 0.192 e. The minimum Gasteiger partial charge on any atom is -0.441 e. The van der Waals surface area contributed by atoms with E-state index in [-0.39, 0.29) is 5.92 Å². The molecule has 0 saturated carbocycles. The molecule has 1 N–H and O–H groups in total. The lowest BCUT2D eigenvalue weighted by Crippen LogP contribution is -1.96. The average molecular weight is 237 g/mol. The van der Waals surface area contributed by atoms with E-state index in [0.717, 1.165) is 22.2 Å². The Morgan fingerprint density at radius 2 is 2.22 bits per heavy atom. The Bertz CT molecular complexity index is 719. The summed E-state index contributed by atoms with van der Waals surface area (Å²) < 4.78 is 5.49. The van der Waals surface area contributed by atoms with Crippen molar-refractivity contribution in [2.24, 2.45) is 0 Å². The first-order valence-electron chi connectivity index (χ1n) is 5.67. The topological polar surface area (TPSA) is 65.6 Å². The van der Waals surface area contributed by atoms with E-state index in [1.807, 2.05) is 43.6 Å². The number of nitrogens with one attached hydrogen (secondary N) is 1. The third-order valence-corrected chi connectivity index (χ3v) is 2.94. The van der Waals surface area contributed by atoms with E-state index in [2.05, 4.69) is 16.0 Å². The first kappa shape index (κ1) is 10.6. The standard InChI is InChI=1S/C14H11N3O/c1-9-17-13-3-2-10(6-14(13)18-9)12(7-15)11-4-5-16-8-11/h2-6,8,12,16H,1H3. The number of hydrogen-bond acceptors (Lipinski definition) is 3. The summed E-state index contributed by atoms with van der Waals surface area (Å²) in [5.74, 6) is 0.350. The molecular formula is C14H11N3O. The van der Waals surface area contributed by atoms with Crippen LogP contribution < -0.4 is 0 Å². The van der Waals surface area contributed by atoms with Crippen LogP contribution in [-0.4, -0.2) is 9.97 Å². The Balaban J connectivity index is 2.10. The lowest BCUT2D eigenvalue weighted by atomic mass is 9.94. The van der Waals surface area contributed by atoms with Crippen LogP contribution in [0, 0.1) is 18.3 Å². The molecule has 4 nitrogen and oxygen atoms in total. The summed E-state index contributed by atoms with van der Waals surface area (Å²) in [6.45, 7) is 1.81. The second-order valence-electron chi connectivity index (χ2n) is 4.17. The van der Waals surface area contributed by atoms with Crippen LogP contribution in [0.2, 0.25) is 0 Å². The summed E-state index contributed by atoms with van der Waals surface area (Å²) in [6.07, 6.45) is 3.65. The van der Waals surface area contributed by atoms with Crippen molar-refractivity contribution in [3.8, 4) is 6.07 Å². The summed E-state index contributed by atoms with van der Waals surface area (Å²) >= 11 is 0. The fourth-order valence-corrected chi connectivity index (χ4v) is 2.09. The lowest BCUT2D eigenvalue weighted by molar-refractivity contribution is 0.560. The van der Waals surface area contributed by atoms with Gasteiger partial charge in [0.2, 0.25) is 0 Å². The molecule has 1 atom stereocenters. The first-order valence-corrected chi connectivity index (χ1v) is 5.67. The van der Waals surface area contributed by atoms with Gasteiger partial charge < -0.3 is 9.40 Å². The van der Waals surface area contributed by atoms with Crippen molar-refractivity contribution in [3.05, 3.63) is 53.7 Å². The van der Waals surface area contributed by atoms with Crippen LogP contribution in [-0.2, 0) is 0 Å². The van der Waals surface area contributed by atoms with Gasteiger partial charge in [-0.2, -0.15) is 5.26 Å². The molecule has 3 aromatic rings. The van der Waals surface area contributed by atoms with Crippen LogP contribution in [0.5, 0.6) is 0 Å². The van der Waals surface area contributed by atoms with Crippen LogP contribution in [0.25, 0.3) is 11.1 Å². The van der Waals surface area contributed by atoms with Gasteiger partial charge in [-0.25, -0.2) is 4.98 Å². The van der Waals surface area contributed by atoms with Gasteiger partial charge in [0.15, 0.2) is 11.5 Å². The first-order chi connectivity index (χ1) is 8.78. The molecule has 0 radical (unpaired) electrons. The van der Waals surface area contributed by atoms with E-state index < -0.39 is 0 Å². The van der Waals surface area contributed by atoms with Crippen molar-refractivity contribution < 1.29 is 4.42 Å². The van der Waals surface area contributed by atoms with Gasteiger partial charge in [-0.1, -0.05) is 6.07 Å². The molecule has 0 aliphatic rings. The smallest absolute Gasteiger partial charge is 0.192 e. The predicted molar refractivity (Wildman–Crippen MR) is 67.0 cm³/mol. The molecular weight excluding hydrogens is 226 g/mol. The van der Waals surface area contributed by atoms with E-state index >= 15 is 0 Å². The maximum absolute atomic E-state index is 9.32. The van der Waals surface area contributed by atoms with Crippen LogP contribution in [0.4, 0.5) is 0 Å². The van der Waals surface area contributed by atoms with Crippen LogP contribution in [0.1, 0.15) is 22.9 Å². The van der Waals surface area contributed by atoms with Gasteiger partial charge in [-0.15, -0.1) is 0 Å². The number of oxazole rings is 1. The Morgan fingerprint density at radius 3 is 2.94 bits per heavy atom. The van der Waals surface area contributed by atoms with Crippen molar-refractivity contribution in [1.29, 1.82) is 5.26 Å². The highest BCUT2D eigenvalue weighted by molar-refractivity contribution is 5.74. The summed E-state index contributed by atoms with van der Waals surface area (Å²) in [4.78, 5) is 7.22. The number of fused-ring (bicyclic) bond motifs is 1. The molecule has 4 heteroatoms. The maximum atomic E-state index is 9.32. The normalized spacial score (nSPS) is 12.4. The van der Waals surface area contributed by atoms with E-state index in [0.29, 0.717) is 5.89 Å². The molecule has 0 saturated heterocycles. The molecule has 0 aliphatic heterocycles. The minimum absolute atomic E-state index is 0.286. The van der Waals surface area contributed by atoms with Gasteiger partial charge in [0, 0.05) is 19.3 Å². The zero-order chi connectivity index (χ0) is 12.5. The zero-order valence-electron chi connectivity index (χ0n) is 9.84. The molecule has 1 aromatic carbocycles. The molecule has 18 heavy (non-hydrogen) atoms.